The molecule has 0 aromatic heterocycles. The maximum Gasteiger partial charge on any atom is 0.244 e. The van der Waals surface area contributed by atoms with Crippen LogP contribution in [0.25, 0.3) is 6.08 Å². The number of carbonyl (C=O) groups excluding carboxylic acids is 1. The first-order valence-corrected chi connectivity index (χ1v) is 6.93. The third-order valence-electron chi connectivity index (χ3n) is 2.73. The molecule has 0 spiro atoms. The minimum atomic E-state index is -0.431. The molecule has 0 atom stereocenters. The van der Waals surface area contributed by atoms with Gasteiger partial charge in [0.05, 0.1) is 5.02 Å². The van der Waals surface area contributed by atoms with E-state index in [0.717, 1.165) is 12.8 Å². The number of hydrogen-bond acceptors (Lipinski definition) is 1. The molecule has 1 aromatic carbocycles. The van der Waals surface area contributed by atoms with E-state index in [1.54, 1.807) is 6.07 Å². The summed E-state index contributed by atoms with van der Waals surface area (Å²) in [5.74, 6) is -0.657. The van der Waals surface area contributed by atoms with E-state index in [9.17, 15) is 9.18 Å². The lowest BCUT2D eigenvalue weighted by Gasteiger charge is -2.02. The molecule has 0 aliphatic rings. The van der Waals surface area contributed by atoms with E-state index in [2.05, 4.69) is 12.2 Å². The van der Waals surface area contributed by atoms with Gasteiger partial charge in [0.2, 0.25) is 5.91 Å². The molecule has 104 valence electrons. The normalized spacial score (nSPS) is 10.9. The number of halogens is 2. The second-order valence-corrected chi connectivity index (χ2v) is 4.73. The molecule has 0 saturated heterocycles. The second-order valence-electron chi connectivity index (χ2n) is 4.32. The van der Waals surface area contributed by atoms with Gasteiger partial charge in [-0.3, -0.25) is 4.79 Å². The quantitative estimate of drug-likeness (QED) is 0.590. The van der Waals surface area contributed by atoms with Gasteiger partial charge in [-0.2, -0.15) is 0 Å². The highest BCUT2D eigenvalue weighted by Crippen LogP contribution is 2.20. The van der Waals surface area contributed by atoms with Crippen molar-refractivity contribution in [3.05, 3.63) is 40.7 Å². The number of hydrogen-bond donors (Lipinski definition) is 1. The largest absolute Gasteiger partial charge is 0.353 e. The van der Waals surface area contributed by atoms with Crippen molar-refractivity contribution >= 4 is 23.6 Å². The summed E-state index contributed by atoms with van der Waals surface area (Å²) >= 11 is 5.85. The van der Waals surface area contributed by atoms with Gasteiger partial charge in [0.1, 0.15) is 5.82 Å². The summed E-state index contributed by atoms with van der Waals surface area (Å²) in [6.45, 7) is 2.79. The molecule has 19 heavy (non-hydrogen) atoms. The van der Waals surface area contributed by atoms with Crippen LogP contribution in [0.4, 0.5) is 4.39 Å². The zero-order valence-electron chi connectivity index (χ0n) is 11.1. The molecule has 0 aliphatic carbocycles. The molecule has 1 N–H and O–H groups in total. The van der Waals surface area contributed by atoms with Gasteiger partial charge < -0.3 is 5.32 Å². The molecule has 1 rings (SSSR count). The number of benzene rings is 1. The van der Waals surface area contributed by atoms with Gasteiger partial charge in [-0.1, -0.05) is 43.9 Å². The van der Waals surface area contributed by atoms with Crippen molar-refractivity contribution in [3.63, 3.8) is 0 Å². The van der Waals surface area contributed by atoms with Crippen molar-refractivity contribution in [2.45, 2.75) is 32.6 Å². The van der Waals surface area contributed by atoms with Crippen LogP contribution >= 0.6 is 11.6 Å². The van der Waals surface area contributed by atoms with Crippen LogP contribution in [0.5, 0.6) is 0 Å². The van der Waals surface area contributed by atoms with Crippen LogP contribution < -0.4 is 5.32 Å². The Kier molecular flexibility index (Phi) is 7.19. The summed E-state index contributed by atoms with van der Waals surface area (Å²) in [5.41, 5.74) is 0.241. The van der Waals surface area contributed by atoms with E-state index >= 15 is 0 Å². The summed E-state index contributed by atoms with van der Waals surface area (Å²) in [6.07, 6.45) is 7.13. The van der Waals surface area contributed by atoms with Crippen LogP contribution in [0.2, 0.25) is 5.02 Å². The lowest BCUT2D eigenvalue weighted by Crippen LogP contribution is -2.21. The molecule has 4 heteroatoms. The molecule has 0 aliphatic heterocycles. The molecule has 0 unspecified atom stereocenters. The van der Waals surface area contributed by atoms with E-state index in [1.807, 2.05) is 0 Å². The molecular formula is C15H19ClFNO. The topological polar surface area (TPSA) is 29.1 Å². The van der Waals surface area contributed by atoms with E-state index in [-0.39, 0.29) is 11.5 Å². The fourth-order valence-corrected chi connectivity index (χ4v) is 1.88. The monoisotopic (exact) mass is 283 g/mol. The predicted molar refractivity (Wildman–Crippen MR) is 77.6 cm³/mol. The smallest absolute Gasteiger partial charge is 0.244 e. The Hall–Kier alpha value is -1.35. The highest BCUT2D eigenvalue weighted by molar-refractivity contribution is 6.32. The summed E-state index contributed by atoms with van der Waals surface area (Å²) in [5, 5.41) is 3.06. The summed E-state index contributed by atoms with van der Waals surface area (Å²) in [4.78, 5) is 11.5. The van der Waals surface area contributed by atoms with Gasteiger partial charge in [0.25, 0.3) is 0 Å². The molecular weight excluding hydrogens is 265 g/mol. The number of amides is 1. The Balaban J connectivity index is 2.41. The van der Waals surface area contributed by atoms with Gasteiger partial charge in [0, 0.05) is 18.2 Å². The highest BCUT2D eigenvalue weighted by Gasteiger charge is 2.03. The molecule has 1 aromatic rings. The van der Waals surface area contributed by atoms with Crippen molar-refractivity contribution in [1.29, 1.82) is 0 Å². The summed E-state index contributed by atoms with van der Waals surface area (Å²) < 4.78 is 13.4. The van der Waals surface area contributed by atoms with Crippen LogP contribution in [-0.2, 0) is 4.79 Å². The van der Waals surface area contributed by atoms with Gasteiger partial charge in [0.15, 0.2) is 0 Å². The van der Waals surface area contributed by atoms with Crippen LogP contribution in [0.1, 0.15) is 38.2 Å². The molecule has 2 nitrogen and oxygen atoms in total. The van der Waals surface area contributed by atoms with Crippen LogP contribution in [0, 0.1) is 5.82 Å². The third kappa shape index (κ3) is 5.88. The van der Waals surface area contributed by atoms with Gasteiger partial charge >= 0.3 is 0 Å². The Bertz CT molecular complexity index is 426. The minimum Gasteiger partial charge on any atom is -0.353 e. The molecule has 0 radical (unpaired) electrons. The van der Waals surface area contributed by atoms with Crippen molar-refractivity contribution < 1.29 is 9.18 Å². The first-order chi connectivity index (χ1) is 9.15. The van der Waals surface area contributed by atoms with Gasteiger partial charge in [-0.15, -0.1) is 0 Å². The molecule has 0 fully saturated rings. The third-order valence-corrected chi connectivity index (χ3v) is 3.06. The first kappa shape index (κ1) is 15.7. The van der Waals surface area contributed by atoms with E-state index in [1.165, 1.54) is 37.1 Å². The number of rotatable bonds is 7. The van der Waals surface area contributed by atoms with Crippen molar-refractivity contribution in [3.8, 4) is 0 Å². The van der Waals surface area contributed by atoms with Crippen LogP contribution in [-0.4, -0.2) is 12.5 Å². The minimum absolute atomic E-state index is 0.226. The van der Waals surface area contributed by atoms with Crippen molar-refractivity contribution in [1.82, 2.24) is 5.32 Å². The maximum atomic E-state index is 13.4. The Morgan fingerprint density at radius 2 is 2.16 bits per heavy atom. The lowest BCUT2D eigenvalue weighted by molar-refractivity contribution is -0.116. The van der Waals surface area contributed by atoms with E-state index < -0.39 is 5.82 Å². The lowest BCUT2D eigenvalue weighted by atomic mass is 10.2. The van der Waals surface area contributed by atoms with Gasteiger partial charge in [-0.25, -0.2) is 4.39 Å². The van der Waals surface area contributed by atoms with Crippen LogP contribution in [0.3, 0.4) is 0 Å². The standard InChI is InChI=1S/C15H19ClFNO/c1-2-3-4-5-11-18-15(19)10-9-12-13(16)7-6-8-14(12)17/h6-10H,2-5,11H2,1H3,(H,18,19)/b10-9+. The van der Waals surface area contributed by atoms with Crippen LogP contribution in [0.15, 0.2) is 24.3 Å². The molecule has 0 bridgehead atoms. The fourth-order valence-electron chi connectivity index (χ4n) is 1.65. The number of unbranched alkanes of at least 4 members (excludes halogenated alkanes) is 3. The van der Waals surface area contributed by atoms with Gasteiger partial charge in [-0.05, 0) is 24.6 Å². The predicted octanol–water partition coefficient (Wildman–Crippen LogP) is 4.19. The molecule has 0 saturated carbocycles. The number of carbonyl (C=O) groups is 1. The Labute approximate surface area is 118 Å². The summed E-state index contributed by atoms with van der Waals surface area (Å²) in [7, 11) is 0. The molecule has 0 heterocycles. The average Bonchev–Trinajstić information content (AvgIpc) is 2.38. The zero-order chi connectivity index (χ0) is 14.1. The Morgan fingerprint density at radius 1 is 1.37 bits per heavy atom. The van der Waals surface area contributed by atoms with Crippen molar-refractivity contribution in [2.75, 3.05) is 6.54 Å². The van der Waals surface area contributed by atoms with E-state index in [4.69, 9.17) is 11.6 Å². The second kappa shape index (κ2) is 8.70. The average molecular weight is 284 g/mol. The van der Waals surface area contributed by atoms with E-state index in [0.29, 0.717) is 11.6 Å². The van der Waals surface area contributed by atoms with Crippen molar-refractivity contribution in [2.24, 2.45) is 0 Å². The SMILES string of the molecule is CCCCCCNC(=O)/C=C/c1c(F)cccc1Cl. The molecule has 1 amide bonds. The fraction of sp³-hybridized carbons (Fsp3) is 0.400. The highest BCUT2D eigenvalue weighted by atomic mass is 35.5. The Morgan fingerprint density at radius 3 is 2.84 bits per heavy atom. The maximum absolute atomic E-state index is 13.4. The number of nitrogens with one attached hydrogen (secondary N) is 1. The first-order valence-electron chi connectivity index (χ1n) is 6.55. The summed E-state index contributed by atoms with van der Waals surface area (Å²) in [6, 6.07) is 4.43. The zero-order valence-corrected chi connectivity index (χ0v) is 11.8.